The molecule has 5 rings (SSSR count). The largest absolute Gasteiger partial charge is 0.618 e. The molecule has 0 radical (unpaired) electrons. The molecule has 0 aliphatic carbocycles. The van der Waals surface area contributed by atoms with Crippen LogP contribution in [-0.2, 0) is 11.2 Å². The van der Waals surface area contributed by atoms with Crippen molar-refractivity contribution in [2.75, 3.05) is 32.8 Å². The van der Waals surface area contributed by atoms with Gasteiger partial charge >= 0.3 is 0 Å². The van der Waals surface area contributed by atoms with Crippen LogP contribution in [0.15, 0.2) is 82.8 Å². The zero-order valence-corrected chi connectivity index (χ0v) is 18.3. The fourth-order valence-corrected chi connectivity index (χ4v) is 5.54. The van der Waals surface area contributed by atoms with Crippen LogP contribution in [0.5, 0.6) is 0 Å². The van der Waals surface area contributed by atoms with Crippen LogP contribution in [0, 0.1) is 5.21 Å². The van der Waals surface area contributed by atoms with E-state index in [9.17, 15) is 5.21 Å². The lowest BCUT2D eigenvalue weighted by atomic mass is 9.93. The van der Waals surface area contributed by atoms with E-state index in [1.54, 1.807) is 24.0 Å². The van der Waals surface area contributed by atoms with Crippen LogP contribution in [0.3, 0.4) is 0 Å². The van der Waals surface area contributed by atoms with Gasteiger partial charge in [-0.1, -0.05) is 48.5 Å². The molecule has 0 spiro atoms. The molecule has 0 unspecified atom stereocenters. The van der Waals surface area contributed by atoms with Crippen LogP contribution in [0.1, 0.15) is 12.0 Å². The summed E-state index contributed by atoms with van der Waals surface area (Å²) in [5.41, 5.74) is 1.41. The van der Waals surface area contributed by atoms with Crippen molar-refractivity contribution in [3.05, 3.63) is 83.7 Å². The third kappa shape index (κ3) is 4.26. The lowest BCUT2D eigenvalue weighted by Gasteiger charge is -2.26. The highest BCUT2D eigenvalue weighted by molar-refractivity contribution is 7.99. The maximum absolute atomic E-state index is 12.3. The van der Waals surface area contributed by atoms with Crippen LogP contribution < -0.4 is 4.73 Å². The molecule has 3 aromatic carbocycles. The molecule has 5 heteroatoms. The number of morpholine rings is 1. The van der Waals surface area contributed by atoms with Crippen molar-refractivity contribution >= 4 is 33.3 Å². The van der Waals surface area contributed by atoms with Gasteiger partial charge in [-0.15, -0.1) is 0 Å². The lowest BCUT2D eigenvalue weighted by molar-refractivity contribution is -0.645. The predicted octanol–water partition coefficient (Wildman–Crippen LogP) is 5.04. The van der Waals surface area contributed by atoms with Crippen molar-refractivity contribution in [3.63, 3.8) is 0 Å². The Hall–Kier alpha value is -2.60. The van der Waals surface area contributed by atoms with Crippen molar-refractivity contribution < 1.29 is 9.47 Å². The van der Waals surface area contributed by atoms with Gasteiger partial charge in [-0.3, -0.25) is 4.90 Å². The van der Waals surface area contributed by atoms with Crippen LogP contribution in [-0.4, -0.2) is 37.7 Å². The minimum atomic E-state index is 0.692. The molecule has 2 heterocycles. The average Bonchev–Trinajstić information content (AvgIpc) is 2.82. The average molecular weight is 431 g/mol. The number of rotatable bonds is 6. The van der Waals surface area contributed by atoms with E-state index in [0.29, 0.717) is 5.03 Å². The molecule has 4 aromatic rings. The van der Waals surface area contributed by atoms with E-state index in [0.717, 1.165) is 55.3 Å². The van der Waals surface area contributed by atoms with Crippen LogP contribution >= 0.6 is 11.8 Å². The Balaban J connectivity index is 1.56. The molecule has 0 bridgehead atoms. The highest BCUT2D eigenvalue weighted by Crippen LogP contribution is 2.41. The van der Waals surface area contributed by atoms with Gasteiger partial charge in [0.25, 0.3) is 5.03 Å². The Bertz CT molecular complexity index is 1150. The number of aromatic nitrogens is 1. The highest BCUT2D eigenvalue weighted by Gasteiger charge is 2.18. The Morgan fingerprint density at radius 2 is 1.45 bits per heavy atom. The molecule has 158 valence electrons. The predicted molar refractivity (Wildman–Crippen MR) is 127 cm³/mol. The molecule has 1 saturated heterocycles. The van der Waals surface area contributed by atoms with Gasteiger partial charge in [-0.2, -0.15) is 4.73 Å². The van der Waals surface area contributed by atoms with E-state index in [-0.39, 0.29) is 0 Å². The third-order valence-corrected chi connectivity index (χ3v) is 7.16. The molecule has 1 aliphatic heterocycles. The van der Waals surface area contributed by atoms with Crippen molar-refractivity contribution in [1.29, 1.82) is 0 Å². The standard InChI is InChI=1S/C26H26N2O2S/c29-28-15-6-5-13-25(28)31-26-23-10-3-1-8-21(23)20(22-9-2-4-11-24(22)26)12-7-14-27-16-18-30-19-17-27/h1-6,8-11,13,15H,7,12,14,16-19H2. The van der Waals surface area contributed by atoms with Gasteiger partial charge in [0.2, 0.25) is 0 Å². The van der Waals surface area contributed by atoms with Gasteiger partial charge in [0, 0.05) is 30.1 Å². The summed E-state index contributed by atoms with van der Waals surface area (Å²) in [5, 5.41) is 18.0. The number of nitrogens with zero attached hydrogens (tertiary/aromatic N) is 2. The molecule has 1 aliphatic rings. The van der Waals surface area contributed by atoms with E-state index in [1.807, 2.05) is 12.1 Å². The molecule has 0 N–H and O–H groups in total. The third-order valence-electron chi connectivity index (χ3n) is 5.99. The van der Waals surface area contributed by atoms with Gasteiger partial charge in [-0.25, -0.2) is 0 Å². The van der Waals surface area contributed by atoms with Gasteiger partial charge in [-0.05, 0) is 64.3 Å². The first kappa shape index (κ1) is 20.3. The molecule has 31 heavy (non-hydrogen) atoms. The summed E-state index contributed by atoms with van der Waals surface area (Å²) in [4.78, 5) is 3.65. The summed E-state index contributed by atoms with van der Waals surface area (Å²) in [6.07, 6.45) is 3.72. The Morgan fingerprint density at radius 1 is 0.839 bits per heavy atom. The summed E-state index contributed by atoms with van der Waals surface area (Å²) in [6, 6.07) is 22.8. The summed E-state index contributed by atoms with van der Waals surface area (Å²) < 4.78 is 6.43. The van der Waals surface area contributed by atoms with E-state index < -0.39 is 0 Å². The fraction of sp³-hybridized carbons (Fsp3) is 0.269. The summed E-state index contributed by atoms with van der Waals surface area (Å²) in [6.45, 7) is 4.85. The van der Waals surface area contributed by atoms with Crippen LogP contribution in [0.4, 0.5) is 0 Å². The number of pyridine rings is 1. The van der Waals surface area contributed by atoms with E-state index >= 15 is 0 Å². The fourth-order valence-electron chi connectivity index (χ4n) is 4.46. The van der Waals surface area contributed by atoms with Gasteiger partial charge in [0.15, 0.2) is 6.20 Å². The Morgan fingerprint density at radius 3 is 2.10 bits per heavy atom. The zero-order valence-electron chi connectivity index (χ0n) is 17.5. The monoisotopic (exact) mass is 430 g/mol. The first-order valence-electron chi connectivity index (χ1n) is 10.9. The van der Waals surface area contributed by atoms with E-state index in [2.05, 4.69) is 53.4 Å². The Kier molecular flexibility index (Phi) is 6.07. The van der Waals surface area contributed by atoms with Crippen LogP contribution in [0.25, 0.3) is 21.5 Å². The van der Waals surface area contributed by atoms with Crippen molar-refractivity contribution in [2.24, 2.45) is 0 Å². The topological polar surface area (TPSA) is 39.4 Å². The second-order valence-electron chi connectivity index (χ2n) is 7.92. The molecule has 1 fully saturated rings. The number of hydrogen-bond acceptors (Lipinski definition) is 4. The minimum Gasteiger partial charge on any atom is -0.618 e. The summed E-state index contributed by atoms with van der Waals surface area (Å²) >= 11 is 1.56. The maximum Gasteiger partial charge on any atom is 0.256 e. The quantitative estimate of drug-likeness (QED) is 0.244. The molecule has 0 amide bonds. The zero-order chi connectivity index (χ0) is 21.0. The first-order valence-corrected chi connectivity index (χ1v) is 11.7. The number of fused-ring (bicyclic) bond motifs is 2. The number of hydrogen-bond donors (Lipinski definition) is 0. The first-order chi connectivity index (χ1) is 15.3. The van der Waals surface area contributed by atoms with Crippen molar-refractivity contribution in [3.8, 4) is 0 Å². The smallest absolute Gasteiger partial charge is 0.256 e. The molecule has 1 aromatic heterocycles. The second-order valence-corrected chi connectivity index (χ2v) is 8.95. The molecule has 4 nitrogen and oxygen atoms in total. The molecule has 0 saturated carbocycles. The number of benzene rings is 3. The number of ether oxygens (including phenoxy) is 1. The van der Waals surface area contributed by atoms with Crippen molar-refractivity contribution in [2.45, 2.75) is 22.8 Å². The SMILES string of the molecule is [O-][n+]1ccccc1Sc1c2ccccc2c(CCCN2CCOCC2)c2ccccc12. The van der Waals surface area contributed by atoms with Gasteiger partial charge in [0.1, 0.15) is 0 Å². The molecular weight excluding hydrogens is 404 g/mol. The molecule has 0 atom stereocenters. The Labute approximate surface area is 187 Å². The maximum atomic E-state index is 12.3. The normalized spacial score (nSPS) is 15.0. The lowest BCUT2D eigenvalue weighted by Crippen LogP contribution is -2.36. The number of aryl methyl sites for hydroxylation is 1. The second kappa shape index (κ2) is 9.27. The van der Waals surface area contributed by atoms with E-state index in [1.165, 1.54) is 27.1 Å². The van der Waals surface area contributed by atoms with Crippen molar-refractivity contribution in [1.82, 2.24) is 4.90 Å². The van der Waals surface area contributed by atoms with E-state index in [4.69, 9.17) is 4.74 Å². The van der Waals surface area contributed by atoms with Gasteiger partial charge in [0.05, 0.1) is 13.2 Å². The highest BCUT2D eigenvalue weighted by atomic mass is 32.2. The van der Waals surface area contributed by atoms with Crippen LogP contribution in [0.2, 0.25) is 0 Å². The summed E-state index contributed by atoms with van der Waals surface area (Å²) in [7, 11) is 0. The van der Waals surface area contributed by atoms with Gasteiger partial charge < -0.3 is 9.94 Å². The minimum absolute atomic E-state index is 0.692. The summed E-state index contributed by atoms with van der Waals surface area (Å²) in [5.74, 6) is 0. The molecular formula is C26H26N2O2S.